The van der Waals surface area contributed by atoms with Crippen molar-refractivity contribution in [2.45, 2.75) is 68.6 Å². The van der Waals surface area contributed by atoms with Crippen molar-refractivity contribution in [1.82, 2.24) is 4.72 Å². The monoisotopic (exact) mass is 610 g/mol. The highest BCUT2D eigenvalue weighted by molar-refractivity contribution is 7.98. The Morgan fingerprint density at radius 1 is 1.24 bits per heavy atom. The average Bonchev–Trinajstić information content (AvgIpc) is 3.11. The van der Waals surface area contributed by atoms with Crippen LogP contribution in [0.3, 0.4) is 0 Å². The molecule has 4 aliphatic rings. The van der Waals surface area contributed by atoms with Gasteiger partial charge in [-0.15, -0.1) is 0 Å². The molecule has 2 heterocycles. The number of nitrogens with zero attached hydrogens (tertiary/aromatic N) is 1. The van der Waals surface area contributed by atoms with Crippen LogP contribution in [0.4, 0.5) is 5.69 Å². The number of aliphatic hydroxyl groups is 1. The van der Waals surface area contributed by atoms with Gasteiger partial charge in [0.05, 0.1) is 18.4 Å². The van der Waals surface area contributed by atoms with E-state index in [-0.39, 0.29) is 22.5 Å². The Labute approximate surface area is 259 Å². The van der Waals surface area contributed by atoms with Crippen molar-refractivity contribution in [1.29, 1.82) is 0 Å². The number of aliphatic hydroxyl groups excluding tert-OH is 1. The number of fused-ring (bicyclic) bond motifs is 4. The molecule has 1 amide bonds. The second-order valence-electron chi connectivity index (χ2n) is 12.8. The number of ether oxygens (including phenoxy) is 2. The molecule has 6 nitrogen and oxygen atoms in total. The van der Waals surface area contributed by atoms with Gasteiger partial charge in [0.25, 0.3) is 5.91 Å². The second-order valence-corrected chi connectivity index (χ2v) is 14.3. The number of aryl methyl sites for hydroxylation is 1. The van der Waals surface area contributed by atoms with Crippen LogP contribution >= 0.6 is 23.5 Å². The Hall–Kier alpha value is -2.19. The molecule has 226 valence electrons. The summed E-state index contributed by atoms with van der Waals surface area (Å²) in [5, 5.41) is 12.2. The number of carbonyl (C=O) groups is 1. The van der Waals surface area contributed by atoms with Crippen LogP contribution in [0.25, 0.3) is 0 Å². The van der Waals surface area contributed by atoms with Gasteiger partial charge in [0.2, 0.25) is 0 Å². The lowest BCUT2D eigenvalue weighted by Gasteiger charge is -2.45. The molecule has 0 radical (unpaired) electrons. The van der Waals surface area contributed by atoms with Crippen molar-refractivity contribution in [3.63, 3.8) is 0 Å². The summed E-state index contributed by atoms with van der Waals surface area (Å²) >= 11 is 7.90. The van der Waals surface area contributed by atoms with Crippen LogP contribution in [0.15, 0.2) is 48.6 Å². The van der Waals surface area contributed by atoms with Gasteiger partial charge in [-0.25, -0.2) is 0 Å². The SMILES string of the molecule is COCC[C@@H]1SNC(=O)c2ccc3c(c2)N(C[C@@H]2CC[C@H]2[C@@H](O)/C=C\C[C@@H]1C)C[C@@]1(CCCc2cc(Cl)ccc21)CO3. The zero-order valence-electron chi connectivity index (χ0n) is 24.7. The molecule has 1 saturated carbocycles. The molecule has 0 unspecified atom stereocenters. The molecule has 6 rings (SSSR count). The highest BCUT2D eigenvalue weighted by atomic mass is 35.5. The number of amides is 1. The quantitative estimate of drug-likeness (QED) is 0.302. The summed E-state index contributed by atoms with van der Waals surface area (Å²) < 4.78 is 15.1. The molecule has 8 heteroatoms. The fourth-order valence-corrected chi connectivity index (χ4v) is 8.55. The predicted molar refractivity (Wildman–Crippen MR) is 171 cm³/mol. The molecule has 2 N–H and O–H groups in total. The van der Waals surface area contributed by atoms with E-state index in [1.165, 1.54) is 23.1 Å². The van der Waals surface area contributed by atoms with Gasteiger partial charge in [-0.05, 0) is 116 Å². The van der Waals surface area contributed by atoms with Crippen molar-refractivity contribution < 1.29 is 19.4 Å². The molecular formula is C34H43ClN2O4S. The van der Waals surface area contributed by atoms with E-state index in [9.17, 15) is 9.90 Å². The normalized spacial score (nSPS) is 32.0. The van der Waals surface area contributed by atoms with E-state index in [1.807, 2.05) is 30.3 Å². The number of nitrogens with one attached hydrogen (secondary N) is 1. The standard InChI is InChI=1S/C34H43ClN2O4S/c1-22-5-3-7-30(38)27-11-8-25(27)19-37-20-34(15-4-6-23-17-26(35)10-12-28(23)34)21-41-31-13-9-24(18-29(31)37)33(39)36-42-32(22)14-16-40-2/h3,7,9-10,12-13,17-18,22,25,27,30,32,38H,4-6,8,11,14-16,19-21H2,1-2H3,(H,36,39)/b7-3-/t22-,25-,27+,30-,32-,34-/m0/s1. The number of rotatable bonds is 3. The Kier molecular flexibility index (Phi) is 9.11. The van der Waals surface area contributed by atoms with Crippen LogP contribution in [-0.2, 0) is 16.6 Å². The Bertz CT molecular complexity index is 1320. The summed E-state index contributed by atoms with van der Waals surface area (Å²) in [6.45, 7) is 5.06. The molecular weight excluding hydrogens is 568 g/mol. The number of hydrogen-bond acceptors (Lipinski definition) is 6. The summed E-state index contributed by atoms with van der Waals surface area (Å²) in [5.41, 5.74) is 4.08. The highest BCUT2D eigenvalue weighted by Crippen LogP contribution is 2.46. The number of hydrogen-bond donors (Lipinski definition) is 2. The van der Waals surface area contributed by atoms with E-state index >= 15 is 0 Å². The first kappa shape index (κ1) is 29.9. The minimum Gasteiger partial charge on any atom is -0.490 e. The maximum Gasteiger partial charge on any atom is 0.261 e. The van der Waals surface area contributed by atoms with E-state index in [2.05, 4.69) is 34.8 Å². The lowest BCUT2D eigenvalue weighted by Crippen LogP contribution is -2.49. The molecule has 2 bridgehead atoms. The van der Waals surface area contributed by atoms with E-state index in [4.69, 9.17) is 21.1 Å². The lowest BCUT2D eigenvalue weighted by atomic mass is 9.68. The minimum atomic E-state index is -0.450. The number of allylic oxidation sites excluding steroid dienone is 1. The third-order valence-corrected chi connectivity index (χ3v) is 11.6. The fraction of sp³-hybridized carbons (Fsp3) is 0.559. The molecule has 2 aliphatic heterocycles. The first-order valence-electron chi connectivity index (χ1n) is 15.5. The maximum absolute atomic E-state index is 13.5. The number of methoxy groups -OCH3 is 1. The lowest BCUT2D eigenvalue weighted by molar-refractivity contribution is 0.0455. The molecule has 2 aliphatic carbocycles. The molecule has 1 fully saturated rings. The first-order valence-corrected chi connectivity index (χ1v) is 16.7. The minimum absolute atomic E-state index is 0.0893. The molecule has 0 aromatic heterocycles. The van der Waals surface area contributed by atoms with E-state index in [1.54, 1.807) is 7.11 Å². The molecule has 42 heavy (non-hydrogen) atoms. The summed E-state index contributed by atoms with van der Waals surface area (Å²) in [4.78, 5) is 15.9. The Morgan fingerprint density at radius 3 is 2.93 bits per heavy atom. The number of carbonyl (C=O) groups excluding carboxylic acids is 1. The third-order valence-electron chi connectivity index (χ3n) is 10.1. The van der Waals surface area contributed by atoms with Crippen LogP contribution in [0, 0.1) is 17.8 Å². The Balaban J connectivity index is 1.36. The second kappa shape index (κ2) is 12.8. The van der Waals surface area contributed by atoms with Crippen molar-refractivity contribution >= 4 is 35.1 Å². The summed E-state index contributed by atoms with van der Waals surface area (Å²) in [7, 11) is 1.71. The van der Waals surface area contributed by atoms with Gasteiger partial charge < -0.3 is 19.5 Å². The molecule has 2 aromatic carbocycles. The van der Waals surface area contributed by atoms with Gasteiger partial charge in [0.15, 0.2) is 0 Å². The summed E-state index contributed by atoms with van der Waals surface area (Å²) in [5.74, 6) is 1.65. The smallest absolute Gasteiger partial charge is 0.261 e. The molecule has 6 atom stereocenters. The highest BCUT2D eigenvalue weighted by Gasteiger charge is 2.44. The van der Waals surface area contributed by atoms with Gasteiger partial charge in [-0.2, -0.15) is 0 Å². The fourth-order valence-electron chi connectivity index (χ4n) is 7.42. The van der Waals surface area contributed by atoms with Crippen LogP contribution in [0.1, 0.15) is 66.9 Å². The first-order chi connectivity index (χ1) is 20.4. The zero-order chi connectivity index (χ0) is 29.3. The third kappa shape index (κ3) is 6.08. The molecule has 0 saturated heterocycles. The van der Waals surface area contributed by atoms with Gasteiger partial charge >= 0.3 is 0 Å². The van der Waals surface area contributed by atoms with E-state index in [0.29, 0.717) is 30.6 Å². The molecule has 1 spiro atoms. The van der Waals surface area contributed by atoms with Crippen LogP contribution < -0.4 is 14.4 Å². The van der Waals surface area contributed by atoms with Gasteiger partial charge in [0, 0.05) is 48.1 Å². The number of anilines is 1. The number of benzene rings is 2. The van der Waals surface area contributed by atoms with Gasteiger partial charge in [-0.1, -0.05) is 36.7 Å². The Morgan fingerprint density at radius 2 is 2.12 bits per heavy atom. The predicted octanol–water partition coefficient (Wildman–Crippen LogP) is 6.58. The van der Waals surface area contributed by atoms with Crippen molar-refractivity contribution in [2.75, 3.05) is 38.3 Å². The van der Waals surface area contributed by atoms with Crippen LogP contribution in [-0.4, -0.2) is 55.8 Å². The van der Waals surface area contributed by atoms with Crippen molar-refractivity contribution in [3.05, 3.63) is 70.3 Å². The average molecular weight is 611 g/mol. The van der Waals surface area contributed by atoms with E-state index in [0.717, 1.165) is 74.5 Å². The van der Waals surface area contributed by atoms with Gasteiger partial charge in [-0.3, -0.25) is 9.52 Å². The van der Waals surface area contributed by atoms with E-state index < -0.39 is 6.10 Å². The van der Waals surface area contributed by atoms with Gasteiger partial charge in [0.1, 0.15) is 5.75 Å². The zero-order valence-corrected chi connectivity index (χ0v) is 26.3. The number of halogens is 1. The maximum atomic E-state index is 13.5. The summed E-state index contributed by atoms with van der Waals surface area (Å²) in [6.07, 6.45) is 10.7. The van der Waals surface area contributed by atoms with Crippen molar-refractivity contribution in [2.24, 2.45) is 17.8 Å². The largest absolute Gasteiger partial charge is 0.490 e. The topological polar surface area (TPSA) is 71.0 Å². The van der Waals surface area contributed by atoms with Crippen LogP contribution in [0.5, 0.6) is 5.75 Å². The van der Waals surface area contributed by atoms with Crippen LogP contribution in [0.2, 0.25) is 5.02 Å². The summed E-state index contributed by atoms with van der Waals surface area (Å²) in [6, 6.07) is 12.2. The van der Waals surface area contributed by atoms with Crippen molar-refractivity contribution in [3.8, 4) is 5.75 Å². The molecule has 2 aromatic rings.